The molecule has 1 unspecified atom stereocenters. The number of ether oxygens (including phenoxy) is 1. The smallest absolute Gasteiger partial charge is 0.387 e. The fraction of sp³-hybridized carbons (Fsp3) is 0.500. The summed E-state index contributed by atoms with van der Waals surface area (Å²) in [4.78, 5) is 12.2. The van der Waals surface area contributed by atoms with Crippen molar-refractivity contribution >= 4 is 21.8 Å². The van der Waals surface area contributed by atoms with E-state index in [1.54, 1.807) is 12.1 Å². The Morgan fingerprint density at radius 3 is 2.65 bits per heavy atom. The van der Waals surface area contributed by atoms with Gasteiger partial charge in [-0.2, -0.15) is 8.78 Å². The largest absolute Gasteiger partial charge is 0.434 e. The molecule has 0 aromatic heterocycles. The number of benzene rings is 1. The summed E-state index contributed by atoms with van der Waals surface area (Å²) in [5, 5.41) is 3.62. The zero-order chi connectivity index (χ0) is 15.2. The zero-order valence-corrected chi connectivity index (χ0v) is 13.0. The molecular formula is C14H18BrF2NO2. The van der Waals surface area contributed by atoms with E-state index in [0.717, 1.165) is 18.2 Å². The van der Waals surface area contributed by atoms with Crippen LogP contribution in [0.15, 0.2) is 24.3 Å². The molecule has 0 saturated heterocycles. The highest BCUT2D eigenvalue weighted by atomic mass is 79.9. The van der Waals surface area contributed by atoms with Crippen LogP contribution in [0.3, 0.4) is 0 Å². The number of halogens is 3. The average molecular weight is 350 g/mol. The Bertz CT molecular complexity index is 457. The van der Waals surface area contributed by atoms with Crippen molar-refractivity contribution in [2.75, 3.05) is 5.33 Å². The molecule has 0 spiro atoms. The number of alkyl halides is 3. The average Bonchev–Trinajstić information content (AvgIpc) is 2.38. The molecule has 1 aromatic carbocycles. The van der Waals surface area contributed by atoms with Crippen LogP contribution in [-0.2, 0) is 0 Å². The summed E-state index contributed by atoms with van der Waals surface area (Å²) in [5.74, 6) is -0.524. The maximum Gasteiger partial charge on any atom is 0.387 e. The van der Waals surface area contributed by atoms with Gasteiger partial charge in [0, 0.05) is 10.9 Å². The van der Waals surface area contributed by atoms with Crippen molar-refractivity contribution in [1.82, 2.24) is 5.32 Å². The Hall–Kier alpha value is -1.17. The van der Waals surface area contributed by atoms with Gasteiger partial charge in [0.05, 0.1) is 5.56 Å². The van der Waals surface area contributed by atoms with Gasteiger partial charge in [-0.1, -0.05) is 35.0 Å². The molecule has 0 radical (unpaired) electrons. The molecule has 6 heteroatoms. The van der Waals surface area contributed by atoms with E-state index in [0.29, 0.717) is 0 Å². The monoisotopic (exact) mass is 349 g/mol. The standard InChI is InChI=1S/C14H18BrF2NO2/c1-3-14(2,8-9-15)18-12(19)10-6-4-5-7-11(10)20-13(16)17/h4-7,13H,3,8-9H2,1-2H3,(H,18,19). The lowest BCUT2D eigenvalue weighted by Crippen LogP contribution is -2.45. The van der Waals surface area contributed by atoms with Crippen LogP contribution < -0.4 is 10.1 Å². The molecule has 1 atom stereocenters. The summed E-state index contributed by atoms with van der Waals surface area (Å²) < 4.78 is 29.0. The van der Waals surface area contributed by atoms with Crippen molar-refractivity contribution in [2.24, 2.45) is 0 Å². The summed E-state index contributed by atoms with van der Waals surface area (Å²) in [5.41, 5.74) is -0.277. The van der Waals surface area contributed by atoms with Gasteiger partial charge in [-0.15, -0.1) is 0 Å². The lowest BCUT2D eigenvalue weighted by atomic mass is 9.95. The fourth-order valence-corrected chi connectivity index (χ4v) is 2.61. The Morgan fingerprint density at radius 1 is 1.45 bits per heavy atom. The van der Waals surface area contributed by atoms with Crippen molar-refractivity contribution in [3.05, 3.63) is 29.8 Å². The number of para-hydroxylation sites is 1. The van der Waals surface area contributed by atoms with Crippen LogP contribution in [0.5, 0.6) is 5.75 Å². The van der Waals surface area contributed by atoms with E-state index < -0.39 is 18.1 Å². The molecule has 1 aromatic rings. The molecular weight excluding hydrogens is 332 g/mol. The molecule has 1 N–H and O–H groups in total. The van der Waals surface area contributed by atoms with Crippen LogP contribution in [0.4, 0.5) is 8.78 Å². The second-order valence-electron chi connectivity index (χ2n) is 4.68. The molecule has 0 saturated carbocycles. The van der Waals surface area contributed by atoms with Crippen molar-refractivity contribution in [3.8, 4) is 5.75 Å². The van der Waals surface area contributed by atoms with Crippen LogP contribution in [0.1, 0.15) is 37.0 Å². The minimum atomic E-state index is -2.95. The normalized spacial score (nSPS) is 13.9. The number of carbonyl (C=O) groups excluding carboxylic acids is 1. The molecule has 20 heavy (non-hydrogen) atoms. The van der Waals surface area contributed by atoms with Crippen LogP contribution in [0, 0.1) is 0 Å². The van der Waals surface area contributed by atoms with Gasteiger partial charge in [-0.3, -0.25) is 4.79 Å². The number of amides is 1. The molecule has 0 heterocycles. The van der Waals surface area contributed by atoms with E-state index in [9.17, 15) is 13.6 Å². The summed E-state index contributed by atoms with van der Waals surface area (Å²) in [6.45, 7) is 0.928. The Kier molecular flexibility index (Phi) is 6.39. The van der Waals surface area contributed by atoms with Crippen molar-refractivity contribution in [1.29, 1.82) is 0 Å². The number of nitrogens with one attached hydrogen (secondary N) is 1. The van der Waals surface area contributed by atoms with Crippen LogP contribution >= 0.6 is 15.9 Å². The van der Waals surface area contributed by atoms with E-state index >= 15 is 0 Å². The summed E-state index contributed by atoms with van der Waals surface area (Å²) in [7, 11) is 0. The maximum atomic E-state index is 12.3. The molecule has 112 valence electrons. The second kappa shape index (κ2) is 7.57. The highest BCUT2D eigenvalue weighted by Gasteiger charge is 2.25. The molecule has 0 aliphatic rings. The first kappa shape index (κ1) is 16.9. The van der Waals surface area contributed by atoms with Gasteiger partial charge in [0.2, 0.25) is 0 Å². The van der Waals surface area contributed by atoms with E-state index in [1.807, 2.05) is 13.8 Å². The highest BCUT2D eigenvalue weighted by molar-refractivity contribution is 9.09. The van der Waals surface area contributed by atoms with Crippen molar-refractivity contribution in [3.63, 3.8) is 0 Å². The topological polar surface area (TPSA) is 38.3 Å². The second-order valence-corrected chi connectivity index (χ2v) is 5.47. The first-order chi connectivity index (χ1) is 9.41. The number of hydrogen-bond donors (Lipinski definition) is 1. The van der Waals surface area contributed by atoms with Crippen molar-refractivity contribution < 1.29 is 18.3 Å². The van der Waals surface area contributed by atoms with Gasteiger partial charge >= 0.3 is 6.61 Å². The van der Waals surface area contributed by atoms with Gasteiger partial charge in [0.15, 0.2) is 0 Å². The van der Waals surface area contributed by atoms with Gasteiger partial charge in [-0.25, -0.2) is 0 Å². The number of rotatable bonds is 7. The molecule has 1 amide bonds. The van der Waals surface area contributed by atoms with E-state index in [2.05, 4.69) is 26.0 Å². The maximum absolute atomic E-state index is 12.3. The van der Waals surface area contributed by atoms with Gasteiger partial charge < -0.3 is 10.1 Å². The first-order valence-corrected chi connectivity index (χ1v) is 7.46. The molecule has 1 rings (SSSR count). The SMILES string of the molecule is CCC(C)(CCBr)NC(=O)c1ccccc1OC(F)F. The third-order valence-corrected chi connectivity index (χ3v) is 3.59. The first-order valence-electron chi connectivity index (χ1n) is 6.34. The van der Waals surface area contributed by atoms with Crippen LogP contribution in [0.25, 0.3) is 0 Å². The summed E-state index contributed by atoms with van der Waals surface area (Å²) in [6.07, 6.45) is 1.48. The number of hydrogen-bond acceptors (Lipinski definition) is 2. The highest BCUT2D eigenvalue weighted by Crippen LogP contribution is 2.22. The van der Waals surface area contributed by atoms with E-state index in [4.69, 9.17) is 0 Å². The lowest BCUT2D eigenvalue weighted by molar-refractivity contribution is -0.0501. The quantitative estimate of drug-likeness (QED) is 0.756. The van der Waals surface area contributed by atoms with Crippen LogP contribution in [0.2, 0.25) is 0 Å². The Balaban J connectivity index is 2.92. The third kappa shape index (κ3) is 4.74. The van der Waals surface area contributed by atoms with Gasteiger partial charge in [0.1, 0.15) is 5.75 Å². The fourth-order valence-electron chi connectivity index (χ4n) is 1.73. The molecule has 0 fully saturated rings. The molecule has 3 nitrogen and oxygen atoms in total. The molecule has 0 aliphatic carbocycles. The third-order valence-electron chi connectivity index (χ3n) is 3.19. The Morgan fingerprint density at radius 2 is 2.10 bits per heavy atom. The van der Waals surface area contributed by atoms with Crippen LogP contribution in [-0.4, -0.2) is 23.4 Å². The van der Waals surface area contributed by atoms with Crippen molar-refractivity contribution in [2.45, 2.75) is 38.8 Å². The van der Waals surface area contributed by atoms with Gasteiger partial charge in [-0.05, 0) is 31.9 Å². The zero-order valence-electron chi connectivity index (χ0n) is 11.5. The van der Waals surface area contributed by atoms with Gasteiger partial charge in [0.25, 0.3) is 5.91 Å². The number of carbonyl (C=O) groups is 1. The van der Waals surface area contributed by atoms with E-state index in [-0.39, 0.29) is 11.3 Å². The predicted octanol–water partition coefficient (Wildman–Crippen LogP) is 3.97. The Labute approximate surface area is 125 Å². The summed E-state index contributed by atoms with van der Waals surface area (Å²) in [6, 6.07) is 5.99. The lowest BCUT2D eigenvalue weighted by Gasteiger charge is -2.29. The minimum Gasteiger partial charge on any atom is -0.434 e. The molecule has 0 aliphatic heterocycles. The predicted molar refractivity (Wildman–Crippen MR) is 77.6 cm³/mol. The minimum absolute atomic E-state index is 0.113. The summed E-state index contributed by atoms with van der Waals surface area (Å²) >= 11 is 3.34. The molecule has 0 bridgehead atoms. The van der Waals surface area contributed by atoms with E-state index in [1.165, 1.54) is 12.1 Å².